The van der Waals surface area contributed by atoms with Gasteiger partial charge in [0.25, 0.3) is 5.91 Å². The smallest absolute Gasteiger partial charge is 0.309 e. The highest BCUT2D eigenvalue weighted by atomic mass is 32.2. The Morgan fingerprint density at radius 3 is 2.57 bits per heavy atom. The highest BCUT2D eigenvalue weighted by molar-refractivity contribution is 7.89. The van der Waals surface area contributed by atoms with Crippen LogP contribution in [0.2, 0.25) is 0 Å². The second-order valence-corrected chi connectivity index (χ2v) is 9.12. The fourth-order valence-electron chi connectivity index (χ4n) is 3.29. The zero-order valence-corrected chi connectivity index (χ0v) is 17.6. The average Bonchev–Trinajstić information content (AvgIpc) is 2.77. The van der Waals surface area contributed by atoms with E-state index in [-0.39, 0.29) is 30.5 Å². The number of piperidine rings is 1. The van der Waals surface area contributed by atoms with Crippen molar-refractivity contribution in [3.8, 4) is 0 Å². The van der Waals surface area contributed by atoms with Crippen molar-refractivity contribution in [2.45, 2.75) is 31.2 Å². The van der Waals surface area contributed by atoms with Crippen LogP contribution in [0, 0.1) is 12.8 Å². The van der Waals surface area contributed by atoms with E-state index in [1.165, 1.54) is 22.8 Å². The van der Waals surface area contributed by atoms with Gasteiger partial charge in [-0.15, -0.1) is 0 Å². The summed E-state index contributed by atoms with van der Waals surface area (Å²) < 4.78 is 31.7. The molecule has 9 heteroatoms. The van der Waals surface area contributed by atoms with Crippen LogP contribution in [-0.4, -0.2) is 49.3 Å². The Kier molecular flexibility index (Phi) is 7.17. The van der Waals surface area contributed by atoms with Crippen LogP contribution >= 0.6 is 0 Å². The number of esters is 1. The third-order valence-corrected chi connectivity index (χ3v) is 7.02. The van der Waals surface area contributed by atoms with Crippen LogP contribution in [0.15, 0.2) is 53.7 Å². The largest absolute Gasteiger partial charge is 0.455 e. The molecule has 0 aliphatic carbocycles. The topological polar surface area (TPSA) is 106 Å². The van der Waals surface area contributed by atoms with Crippen LogP contribution in [0.5, 0.6) is 0 Å². The second-order valence-electron chi connectivity index (χ2n) is 7.18. The molecule has 2 aromatic rings. The van der Waals surface area contributed by atoms with Gasteiger partial charge < -0.3 is 10.1 Å². The van der Waals surface area contributed by atoms with Gasteiger partial charge in [-0.1, -0.05) is 24.3 Å². The normalized spacial score (nSPS) is 15.5. The van der Waals surface area contributed by atoms with Gasteiger partial charge in [0.05, 0.1) is 5.92 Å². The molecule has 1 saturated heterocycles. The number of nitrogens with one attached hydrogen (secondary N) is 1. The lowest BCUT2D eigenvalue weighted by Crippen LogP contribution is -2.41. The van der Waals surface area contributed by atoms with Crippen molar-refractivity contribution in [1.29, 1.82) is 0 Å². The third-order valence-electron chi connectivity index (χ3n) is 5.14. The molecule has 0 saturated carbocycles. The standard InChI is InChI=1S/C21H25N3O5S/c1-16-5-2-3-6-18(16)13-23-20(25)15-29-21(26)17-8-11-24(12-9-17)30(27,28)19-7-4-10-22-14-19/h2-7,10,14,17H,8-9,11-13,15H2,1H3,(H,23,25). The van der Waals surface area contributed by atoms with Crippen LogP contribution in [-0.2, 0) is 30.9 Å². The van der Waals surface area contributed by atoms with Crippen LogP contribution < -0.4 is 5.32 Å². The van der Waals surface area contributed by atoms with Gasteiger partial charge in [-0.05, 0) is 43.0 Å². The van der Waals surface area contributed by atoms with Gasteiger partial charge in [0.15, 0.2) is 6.61 Å². The average molecular weight is 432 g/mol. The molecule has 0 unspecified atom stereocenters. The molecular formula is C21H25N3O5S. The number of rotatable bonds is 7. The summed E-state index contributed by atoms with van der Waals surface area (Å²) in [5.41, 5.74) is 2.07. The molecule has 1 aliphatic rings. The van der Waals surface area contributed by atoms with Crippen molar-refractivity contribution in [1.82, 2.24) is 14.6 Å². The van der Waals surface area contributed by atoms with E-state index in [0.29, 0.717) is 19.4 Å². The summed E-state index contributed by atoms with van der Waals surface area (Å²) in [7, 11) is -3.62. The second kappa shape index (κ2) is 9.82. The maximum atomic E-state index is 12.6. The number of hydrogen-bond acceptors (Lipinski definition) is 6. The van der Waals surface area contributed by atoms with E-state index in [9.17, 15) is 18.0 Å². The Labute approximate surface area is 176 Å². The quantitative estimate of drug-likeness (QED) is 0.669. The molecule has 0 bridgehead atoms. The summed E-state index contributed by atoms with van der Waals surface area (Å²) in [4.78, 5) is 28.2. The summed E-state index contributed by atoms with van der Waals surface area (Å²) in [5.74, 6) is -1.27. The highest BCUT2D eigenvalue weighted by Gasteiger charge is 2.33. The number of benzene rings is 1. The van der Waals surface area contributed by atoms with Crippen molar-refractivity contribution in [2.75, 3.05) is 19.7 Å². The SMILES string of the molecule is Cc1ccccc1CNC(=O)COC(=O)C1CCN(S(=O)(=O)c2cccnc2)CC1. The number of amides is 1. The van der Waals surface area contributed by atoms with Crippen LogP contribution in [0.1, 0.15) is 24.0 Å². The molecule has 1 aromatic heterocycles. The molecule has 30 heavy (non-hydrogen) atoms. The van der Waals surface area contributed by atoms with E-state index in [4.69, 9.17) is 4.74 Å². The van der Waals surface area contributed by atoms with E-state index >= 15 is 0 Å². The highest BCUT2D eigenvalue weighted by Crippen LogP contribution is 2.24. The first kappa shape index (κ1) is 21.9. The van der Waals surface area contributed by atoms with Crippen molar-refractivity contribution >= 4 is 21.9 Å². The first-order valence-corrected chi connectivity index (χ1v) is 11.2. The third kappa shape index (κ3) is 5.43. The Morgan fingerprint density at radius 2 is 1.90 bits per heavy atom. The van der Waals surface area contributed by atoms with E-state index < -0.39 is 21.9 Å². The summed E-state index contributed by atoms with van der Waals surface area (Å²) in [6.45, 7) is 2.42. The molecule has 1 aromatic carbocycles. The van der Waals surface area contributed by atoms with Gasteiger partial charge in [0, 0.05) is 32.0 Å². The van der Waals surface area contributed by atoms with Crippen LogP contribution in [0.25, 0.3) is 0 Å². The molecule has 1 N–H and O–H groups in total. The number of sulfonamides is 1. The number of aromatic nitrogens is 1. The van der Waals surface area contributed by atoms with E-state index in [2.05, 4.69) is 10.3 Å². The van der Waals surface area contributed by atoms with Crippen molar-refractivity contribution in [3.05, 3.63) is 59.9 Å². The van der Waals surface area contributed by atoms with Gasteiger partial charge in [0.1, 0.15) is 4.90 Å². The molecule has 2 heterocycles. The molecule has 0 spiro atoms. The van der Waals surface area contributed by atoms with Crippen molar-refractivity contribution in [3.63, 3.8) is 0 Å². The lowest BCUT2D eigenvalue weighted by Gasteiger charge is -2.29. The number of pyridine rings is 1. The summed E-state index contributed by atoms with van der Waals surface area (Å²) >= 11 is 0. The fourth-order valence-corrected chi connectivity index (χ4v) is 4.72. The first-order chi connectivity index (χ1) is 14.4. The first-order valence-electron chi connectivity index (χ1n) is 9.76. The molecule has 3 rings (SSSR count). The van der Waals surface area contributed by atoms with E-state index in [0.717, 1.165) is 11.1 Å². The maximum Gasteiger partial charge on any atom is 0.309 e. The van der Waals surface area contributed by atoms with Gasteiger partial charge in [0.2, 0.25) is 10.0 Å². The molecule has 1 fully saturated rings. The number of nitrogens with zero attached hydrogens (tertiary/aromatic N) is 2. The Morgan fingerprint density at radius 1 is 1.17 bits per heavy atom. The molecule has 1 amide bonds. The van der Waals surface area contributed by atoms with Gasteiger partial charge in [-0.2, -0.15) is 4.31 Å². The minimum atomic E-state index is -3.62. The van der Waals surface area contributed by atoms with Crippen molar-refractivity contribution in [2.24, 2.45) is 5.92 Å². The Hall–Kier alpha value is -2.78. The molecule has 0 radical (unpaired) electrons. The summed E-state index contributed by atoms with van der Waals surface area (Å²) in [5, 5.41) is 2.73. The molecule has 1 aliphatic heterocycles. The van der Waals surface area contributed by atoms with E-state index in [1.807, 2.05) is 31.2 Å². The molecule has 0 atom stereocenters. The lowest BCUT2D eigenvalue weighted by molar-refractivity contribution is -0.153. The molecule has 8 nitrogen and oxygen atoms in total. The predicted octanol–water partition coefficient (Wildman–Crippen LogP) is 1.65. The van der Waals surface area contributed by atoms with Gasteiger partial charge in [-0.25, -0.2) is 8.42 Å². The monoisotopic (exact) mass is 431 g/mol. The molecule has 160 valence electrons. The fraction of sp³-hybridized carbons (Fsp3) is 0.381. The minimum Gasteiger partial charge on any atom is -0.455 e. The minimum absolute atomic E-state index is 0.136. The zero-order valence-electron chi connectivity index (χ0n) is 16.8. The Bertz CT molecular complexity index is 987. The van der Waals surface area contributed by atoms with Gasteiger partial charge >= 0.3 is 5.97 Å². The van der Waals surface area contributed by atoms with Crippen LogP contribution in [0.4, 0.5) is 0 Å². The number of ether oxygens (including phenoxy) is 1. The predicted molar refractivity (Wildman–Crippen MR) is 110 cm³/mol. The lowest BCUT2D eigenvalue weighted by atomic mass is 9.98. The van der Waals surface area contributed by atoms with E-state index in [1.54, 1.807) is 6.07 Å². The number of carbonyl (C=O) groups is 2. The molecular weight excluding hydrogens is 406 g/mol. The van der Waals surface area contributed by atoms with Crippen LogP contribution in [0.3, 0.4) is 0 Å². The number of carbonyl (C=O) groups excluding carboxylic acids is 2. The zero-order chi connectivity index (χ0) is 21.6. The maximum absolute atomic E-state index is 12.6. The number of aryl methyl sites for hydroxylation is 1. The summed E-state index contributed by atoms with van der Waals surface area (Å²) in [6.07, 6.45) is 3.52. The number of hydrogen-bond donors (Lipinski definition) is 1. The Balaban J connectivity index is 1.43. The summed E-state index contributed by atoms with van der Waals surface area (Å²) in [6, 6.07) is 10.8. The van der Waals surface area contributed by atoms with Gasteiger partial charge in [-0.3, -0.25) is 14.6 Å². The van der Waals surface area contributed by atoms with Crippen molar-refractivity contribution < 1.29 is 22.7 Å².